The van der Waals surface area contributed by atoms with E-state index in [1.54, 1.807) is 7.11 Å². The maximum atomic E-state index is 12.0. The number of ether oxygens (including phenoxy) is 2. The van der Waals surface area contributed by atoms with Crippen molar-refractivity contribution in [3.05, 3.63) is 63.2 Å². The van der Waals surface area contributed by atoms with Crippen LogP contribution in [0.1, 0.15) is 15.9 Å². The number of benzene rings is 2. The topological polar surface area (TPSA) is 35.5 Å². The standard InChI is InChI=1S/C17H17IO3/c1-20-11-10-13-2-8-16(9-3-13)21-12-17(19)14-4-6-15(18)7-5-14/h2-9H,10-12H2,1H3. The fourth-order valence-electron chi connectivity index (χ4n) is 1.84. The molecule has 2 aromatic carbocycles. The molecule has 0 aromatic heterocycles. The van der Waals surface area contributed by atoms with E-state index in [9.17, 15) is 4.79 Å². The van der Waals surface area contributed by atoms with Gasteiger partial charge in [0.05, 0.1) is 6.61 Å². The van der Waals surface area contributed by atoms with E-state index in [1.807, 2.05) is 48.5 Å². The summed E-state index contributed by atoms with van der Waals surface area (Å²) in [7, 11) is 1.69. The van der Waals surface area contributed by atoms with Crippen molar-refractivity contribution < 1.29 is 14.3 Å². The molecule has 0 saturated carbocycles. The van der Waals surface area contributed by atoms with Crippen molar-refractivity contribution in [2.75, 3.05) is 20.3 Å². The van der Waals surface area contributed by atoms with E-state index in [0.29, 0.717) is 17.9 Å². The summed E-state index contributed by atoms with van der Waals surface area (Å²) in [5.41, 5.74) is 1.86. The van der Waals surface area contributed by atoms with Crippen molar-refractivity contribution in [1.29, 1.82) is 0 Å². The molecular weight excluding hydrogens is 379 g/mol. The Bertz CT molecular complexity index is 576. The van der Waals surface area contributed by atoms with Crippen LogP contribution in [0.2, 0.25) is 0 Å². The molecule has 2 aromatic rings. The number of Topliss-reactive ketones (excluding diaryl/α,β-unsaturated/α-hetero) is 1. The largest absolute Gasteiger partial charge is 0.485 e. The quantitative estimate of drug-likeness (QED) is 0.529. The number of carbonyl (C=O) groups is 1. The van der Waals surface area contributed by atoms with Gasteiger partial charge in [-0.1, -0.05) is 24.3 Å². The molecule has 2 rings (SSSR count). The lowest BCUT2D eigenvalue weighted by atomic mass is 10.1. The minimum absolute atomic E-state index is 0.0186. The van der Waals surface area contributed by atoms with E-state index in [-0.39, 0.29) is 12.4 Å². The first-order valence-corrected chi connectivity index (χ1v) is 7.76. The van der Waals surface area contributed by atoms with Gasteiger partial charge in [-0.05, 0) is 58.8 Å². The molecule has 0 unspecified atom stereocenters. The highest BCUT2D eigenvalue weighted by atomic mass is 127. The predicted molar refractivity (Wildman–Crippen MR) is 91.0 cm³/mol. The third-order valence-corrected chi connectivity index (χ3v) is 3.77. The summed E-state index contributed by atoms with van der Waals surface area (Å²) in [4.78, 5) is 12.0. The molecule has 0 N–H and O–H groups in total. The molecule has 0 aliphatic carbocycles. The SMILES string of the molecule is COCCc1ccc(OCC(=O)c2ccc(I)cc2)cc1. The van der Waals surface area contributed by atoms with Crippen molar-refractivity contribution >= 4 is 28.4 Å². The van der Waals surface area contributed by atoms with Crippen LogP contribution < -0.4 is 4.74 Å². The van der Waals surface area contributed by atoms with E-state index >= 15 is 0 Å². The van der Waals surface area contributed by atoms with Gasteiger partial charge in [0.2, 0.25) is 0 Å². The van der Waals surface area contributed by atoms with Crippen molar-refractivity contribution in [2.24, 2.45) is 0 Å². The molecule has 0 bridgehead atoms. The van der Waals surface area contributed by atoms with Gasteiger partial charge in [0, 0.05) is 16.2 Å². The highest BCUT2D eigenvalue weighted by molar-refractivity contribution is 14.1. The molecule has 0 aliphatic heterocycles. The molecule has 4 heteroatoms. The van der Waals surface area contributed by atoms with Gasteiger partial charge in [0.25, 0.3) is 0 Å². The number of hydrogen-bond donors (Lipinski definition) is 0. The first kappa shape index (κ1) is 16.0. The maximum Gasteiger partial charge on any atom is 0.200 e. The Morgan fingerprint density at radius 2 is 1.71 bits per heavy atom. The van der Waals surface area contributed by atoms with Crippen LogP contribution in [-0.4, -0.2) is 26.1 Å². The van der Waals surface area contributed by atoms with Crippen LogP contribution >= 0.6 is 22.6 Å². The highest BCUT2D eigenvalue weighted by Crippen LogP contribution is 2.14. The second kappa shape index (κ2) is 8.14. The summed E-state index contributed by atoms with van der Waals surface area (Å²) in [5.74, 6) is 0.685. The lowest BCUT2D eigenvalue weighted by Crippen LogP contribution is -2.11. The Morgan fingerprint density at radius 1 is 1.05 bits per heavy atom. The van der Waals surface area contributed by atoms with Gasteiger partial charge in [-0.15, -0.1) is 0 Å². The average molecular weight is 396 g/mol. The third-order valence-electron chi connectivity index (χ3n) is 3.05. The van der Waals surface area contributed by atoms with Gasteiger partial charge in [-0.3, -0.25) is 4.79 Å². The predicted octanol–water partition coefficient (Wildman–Crippen LogP) is 3.74. The second-order valence-electron chi connectivity index (χ2n) is 4.61. The zero-order valence-corrected chi connectivity index (χ0v) is 14.0. The summed E-state index contributed by atoms with van der Waals surface area (Å²) in [6.07, 6.45) is 0.873. The number of methoxy groups -OCH3 is 1. The van der Waals surface area contributed by atoms with E-state index in [1.165, 1.54) is 5.56 Å². The molecule has 0 fully saturated rings. The molecule has 3 nitrogen and oxygen atoms in total. The van der Waals surface area contributed by atoms with Gasteiger partial charge in [-0.2, -0.15) is 0 Å². The molecule has 0 saturated heterocycles. The van der Waals surface area contributed by atoms with Crippen LogP contribution in [0.5, 0.6) is 5.75 Å². The van der Waals surface area contributed by atoms with Gasteiger partial charge < -0.3 is 9.47 Å². The zero-order chi connectivity index (χ0) is 15.1. The Kier molecular flexibility index (Phi) is 6.20. The van der Waals surface area contributed by atoms with E-state index in [2.05, 4.69) is 22.6 Å². The summed E-state index contributed by atoms with van der Waals surface area (Å²) in [5, 5.41) is 0. The van der Waals surface area contributed by atoms with E-state index < -0.39 is 0 Å². The fraction of sp³-hybridized carbons (Fsp3) is 0.235. The van der Waals surface area contributed by atoms with Gasteiger partial charge in [0.1, 0.15) is 5.75 Å². The first-order valence-electron chi connectivity index (χ1n) is 6.68. The van der Waals surface area contributed by atoms with Crippen LogP contribution in [0.15, 0.2) is 48.5 Å². The second-order valence-corrected chi connectivity index (χ2v) is 5.85. The van der Waals surface area contributed by atoms with Crippen LogP contribution in [-0.2, 0) is 11.2 Å². The summed E-state index contributed by atoms with van der Waals surface area (Å²) >= 11 is 2.21. The maximum absolute atomic E-state index is 12.0. The van der Waals surface area contributed by atoms with Crippen LogP contribution in [0, 0.1) is 3.57 Å². The molecule has 0 heterocycles. The number of halogens is 1. The highest BCUT2D eigenvalue weighted by Gasteiger charge is 2.06. The zero-order valence-electron chi connectivity index (χ0n) is 11.8. The van der Waals surface area contributed by atoms with Crippen LogP contribution in [0.25, 0.3) is 0 Å². The Balaban J connectivity index is 1.87. The Hall–Kier alpha value is -1.40. The van der Waals surface area contributed by atoms with Crippen LogP contribution in [0.4, 0.5) is 0 Å². The minimum Gasteiger partial charge on any atom is -0.485 e. The number of hydrogen-bond acceptors (Lipinski definition) is 3. The third kappa shape index (κ3) is 5.13. The number of ketones is 1. The molecule has 0 spiro atoms. The van der Waals surface area contributed by atoms with Gasteiger partial charge in [0.15, 0.2) is 12.4 Å². The molecule has 0 radical (unpaired) electrons. The normalized spacial score (nSPS) is 10.4. The van der Waals surface area contributed by atoms with E-state index in [4.69, 9.17) is 9.47 Å². The average Bonchev–Trinajstić information content (AvgIpc) is 2.52. The number of carbonyl (C=O) groups excluding carboxylic acids is 1. The van der Waals surface area contributed by atoms with Gasteiger partial charge >= 0.3 is 0 Å². The van der Waals surface area contributed by atoms with Crippen molar-refractivity contribution in [1.82, 2.24) is 0 Å². The lowest BCUT2D eigenvalue weighted by molar-refractivity contribution is 0.0921. The molecule has 0 amide bonds. The molecule has 0 aliphatic rings. The number of rotatable bonds is 7. The molecular formula is C17H17IO3. The van der Waals surface area contributed by atoms with Crippen molar-refractivity contribution in [3.8, 4) is 5.75 Å². The fourth-order valence-corrected chi connectivity index (χ4v) is 2.20. The first-order chi connectivity index (χ1) is 10.2. The van der Waals surface area contributed by atoms with Crippen molar-refractivity contribution in [3.63, 3.8) is 0 Å². The summed E-state index contributed by atoms with van der Waals surface area (Å²) in [6.45, 7) is 0.753. The van der Waals surface area contributed by atoms with E-state index in [0.717, 1.165) is 9.99 Å². The molecule has 21 heavy (non-hydrogen) atoms. The monoisotopic (exact) mass is 396 g/mol. The van der Waals surface area contributed by atoms with Crippen molar-refractivity contribution in [2.45, 2.75) is 6.42 Å². The molecule has 0 atom stereocenters. The summed E-state index contributed by atoms with van der Waals surface area (Å²) < 4.78 is 11.7. The Labute approximate surface area is 138 Å². The lowest BCUT2D eigenvalue weighted by Gasteiger charge is -2.07. The van der Waals surface area contributed by atoms with Gasteiger partial charge in [-0.25, -0.2) is 0 Å². The smallest absolute Gasteiger partial charge is 0.200 e. The minimum atomic E-state index is -0.0186. The van der Waals surface area contributed by atoms with Crippen LogP contribution in [0.3, 0.4) is 0 Å². The Morgan fingerprint density at radius 3 is 2.33 bits per heavy atom. The summed E-state index contributed by atoms with van der Waals surface area (Å²) in [6, 6.07) is 15.2. The molecule has 110 valence electrons.